The number of ether oxygens (including phenoxy) is 1. The van der Waals surface area contributed by atoms with E-state index in [1.165, 1.54) is 11.1 Å². The summed E-state index contributed by atoms with van der Waals surface area (Å²) in [6, 6.07) is 16.8. The number of nitrogens with one attached hydrogen (secondary N) is 2. The molecule has 2 aromatic carbocycles. The van der Waals surface area contributed by atoms with Crippen molar-refractivity contribution in [3.8, 4) is 5.75 Å². The predicted octanol–water partition coefficient (Wildman–Crippen LogP) is 4.09. The molecule has 0 aliphatic carbocycles. The second-order valence-corrected chi connectivity index (χ2v) is 7.83. The molecule has 3 aromatic rings. The molecule has 1 aromatic heterocycles. The number of benzene rings is 2. The maximum absolute atomic E-state index is 5.98. The summed E-state index contributed by atoms with van der Waals surface area (Å²) in [6.07, 6.45) is 4.98. The zero-order valence-corrected chi connectivity index (χ0v) is 18.9. The van der Waals surface area contributed by atoms with Gasteiger partial charge in [-0.25, -0.2) is 4.98 Å². The van der Waals surface area contributed by atoms with Gasteiger partial charge in [-0.05, 0) is 44.4 Å². The number of aryl methyl sites for hydroxylation is 3. The summed E-state index contributed by atoms with van der Waals surface area (Å²) in [5.41, 5.74) is 3.61. The van der Waals surface area contributed by atoms with Crippen LogP contribution >= 0.6 is 0 Å². The van der Waals surface area contributed by atoms with Crippen LogP contribution in [0.25, 0.3) is 0 Å². The summed E-state index contributed by atoms with van der Waals surface area (Å²) in [6.45, 7) is 8.28. The topological polar surface area (TPSA) is 63.5 Å². The Kier molecular flexibility index (Phi) is 8.10. The highest BCUT2D eigenvalue weighted by atomic mass is 16.5. The van der Waals surface area contributed by atoms with Crippen molar-refractivity contribution in [3.05, 3.63) is 83.4 Å². The average Bonchev–Trinajstić information content (AvgIpc) is 3.21. The summed E-state index contributed by atoms with van der Waals surface area (Å²) in [4.78, 5) is 8.86. The van der Waals surface area contributed by atoms with E-state index in [0.717, 1.165) is 36.1 Å². The third-order valence-electron chi connectivity index (χ3n) is 4.96. The molecule has 31 heavy (non-hydrogen) atoms. The number of hydrogen-bond donors (Lipinski definition) is 2. The Morgan fingerprint density at radius 1 is 1.10 bits per heavy atom. The summed E-state index contributed by atoms with van der Waals surface area (Å²) in [5.74, 6) is 2.63. The molecule has 0 unspecified atom stereocenters. The smallest absolute Gasteiger partial charge is 0.191 e. The Hall–Kier alpha value is -3.28. The summed E-state index contributed by atoms with van der Waals surface area (Å²) in [7, 11) is 1.78. The lowest BCUT2D eigenvalue weighted by Crippen LogP contribution is -2.37. The van der Waals surface area contributed by atoms with E-state index in [1.807, 2.05) is 32.3 Å². The fourth-order valence-corrected chi connectivity index (χ4v) is 3.34. The fraction of sp³-hybridized carbons (Fsp3) is 0.360. The number of rotatable bonds is 9. The number of aromatic nitrogens is 2. The lowest BCUT2D eigenvalue weighted by atomic mass is 10.1. The Morgan fingerprint density at radius 2 is 1.87 bits per heavy atom. The Bertz CT molecular complexity index is 979. The molecule has 6 heteroatoms. The van der Waals surface area contributed by atoms with Gasteiger partial charge in [0.2, 0.25) is 0 Å². The molecule has 0 radical (unpaired) electrons. The van der Waals surface area contributed by atoms with Crippen molar-refractivity contribution in [1.82, 2.24) is 20.2 Å². The van der Waals surface area contributed by atoms with Gasteiger partial charge in [-0.2, -0.15) is 0 Å². The highest BCUT2D eigenvalue weighted by molar-refractivity contribution is 5.79. The van der Waals surface area contributed by atoms with Crippen LogP contribution in [0, 0.1) is 6.92 Å². The third kappa shape index (κ3) is 6.88. The third-order valence-corrected chi connectivity index (χ3v) is 4.96. The van der Waals surface area contributed by atoms with Crippen LogP contribution in [0.4, 0.5) is 0 Å². The van der Waals surface area contributed by atoms with E-state index in [4.69, 9.17) is 4.74 Å². The minimum atomic E-state index is 0.132. The van der Waals surface area contributed by atoms with Gasteiger partial charge in [-0.15, -0.1) is 0 Å². The minimum Gasteiger partial charge on any atom is -0.491 e. The summed E-state index contributed by atoms with van der Waals surface area (Å²) in [5, 5.41) is 6.75. The molecule has 0 saturated heterocycles. The first-order valence-corrected chi connectivity index (χ1v) is 10.8. The van der Waals surface area contributed by atoms with E-state index in [0.29, 0.717) is 13.1 Å². The predicted molar refractivity (Wildman–Crippen MR) is 126 cm³/mol. The van der Waals surface area contributed by atoms with Crippen molar-refractivity contribution in [2.75, 3.05) is 7.05 Å². The van der Waals surface area contributed by atoms with Gasteiger partial charge in [-0.1, -0.05) is 42.5 Å². The molecule has 0 bridgehead atoms. The van der Waals surface area contributed by atoms with Crippen LogP contribution < -0.4 is 15.4 Å². The Morgan fingerprint density at radius 3 is 2.61 bits per heavy atom. The van der Waals surface area contributed by atoms with Gasteiger partial charge in [0, 0.05) is 38.1 Å². The molecule has 3 rings (SSSR count). The quantitative estimate of drug-likeness (QED) is 0.405. The lowest BCUT2D eigenvalue weighted by molar-refractivity contribution is 0.239. The first-order chi connectivity index (χ1) is 15.0. The molecule has 2 N–H and O–H groups in total. The van der Waals surface area contributed by atoms with Crippen molar-refractivity contribution < 1.29 is 4.74 Å². The van der Waals surface area contributed by atoms with E-state index in [-0.39, 0.29) is 6.10 Å². The van der Waals surface area contributed by atoms with E-state index >= 15 is 0 Å². The van der Waals surface area contributed by atoms with Crippen molar-refractivity contribution >= 4 is 5.96 Å². The van der Waals surface area contributed by atoms with Gasteiger partial charge in [0.25, 0.3) is 0 Å². The summed E-state index contributed by atoms with van der Waals surface area (Å²) < 4.78 is 8.16. The van der Waals surface area contributed by atoms with Crippen molar-refractivity contribution in [2.45, 2.75) is 52.9 Å². The fourth-order valence-electron chi connectivity index (χ4n) is 3.34. The second kappa shape index (κ2) is 11.2. The van der Waals surface area contributed by atoms with Gasteiger partial charge in [0.05, 0.1) is 12.6 Å². The van der Waals surface area contributed by atoms with Crippen LogP contribution in [0.3, 0.4) is 0 Å². The minimum absolute atomic E-state index is 0.132. The van der Waals surface area contributed by atoms with Gasteiger partial charge in [0.15, 0.2) is 5.96 Å². The van der Waals surface area contributed by atoms with Crippen LogP contribution in [0.1, 0.15) is 36.4 Å². The SMILES string of the molecule is CN=C(NCc1ccc(C)cc1OC(C)C)NCc1nccn1CCc1ccccc1. The van der Waals surface area contributed by atoms with Gasteiger partial charge >= 0.3 is 0 Å². The first kappa shape index (κ1) is 22.4. The highest BCUT2D eigenvalue weighted by Crippen LogP contribution is 2.21. The molecule has 0 atom stereocenters. The molecular formula is C25H33N5O. The standard InChI is InChI=1S/C25H33N5O/c1-19(2)31-23-16-20(3)10-11-22(23)17-28-25(26-4)29-18-24-27-13-15-30(24)14-12-21-8-6-5-7-9-21/h5-11,13,15-16,19H,12,14,17-18H2,1-4H3,(H2,26,28,29). The van der Waals surface area contributed by atoms with Crippen molar-refractivity contribution in [1.29, 1.82) is 0 Å². The zero-order valence-electron chi connectivity index (χ0n) is 18.9. The lowest BCUT2D eigenvalue weighted by Gasteiger charge is -2.17. The molecule has 0 saturated carbocycles. The second-order valence-electron chi connectivity index (χ2n) is 7.83. The van der Waals surface area contributed by atoms with Gasteiger partial charge < -0.3 is 19.9 Å². The van der Waals surface area contributed by atoms with Gasteiger partial charge in [-0.3, -0.25) is 4.99 Å². The Balaban J connectivity index is 1.54. The number of nitrogens with zero attached hydrogens (tertiary/aromatic N) is 3. The number of imidazole rings is 1. The highest BCUT2D eigenvalue weighted by Gasteiger charge is 2.09. The molecule has 0 fully saturated rings. The number of hydrogen-bond acceptors (Lipinski definition) is 3. The normalized spacial score (nSPS) is 11.6. The number of guanidine groups is 1. The first-order valence-electron chi connectivity index (χ1n) is 10.8. The molecule has 0 aliphatic rings. The van der Waals surface area contributed by atoms with E-state index < -0.39 is 0 Å². The maximum Gasteiger partial charge on any atom is 0.191 e. The average molecular weight is 420 g/mol. The monoisotopic (exact) mass is 419 g/mol. The van der Waals surface area contributed by atoms with Crippen LogP contribution in [0.5, 0.6) is 5.75 Å². The van der Waals surface area contributed by atoms with Crippen molar-refractivity contribution in [2.24, 2.45) is 4.99 Å². The van der Waals surface area contributed by atoms with Crippen LogP contribution in [0.2, 0.25) is 0 Å². The molecule has 0 amide bonds. The van der Waals surface area contributed by atoms with E-state index in [9.17, 15) is 0 Å². The van der Waals surface area contributed by atoms with E-state index in [1.54, 1.807) is 7.05 Å². The Labute approximate surface area is 185 Å². The number of aliphatic imine (C=N–C) groups is 1. The van der Waals surface area contributed by atoms with Gasteiger partial charge in [0.1, 0.15) is 11.6 Å². The summed E-state index contributed by atoms with van der Waals surface area (Å²) >= 11 is 0. The zero-order chi connectivity index (χ0) is 22.1. The molecule has 0 spiro atoms. The van der Waals surface area contributed by atoms with E-state index in [2.05, 4.69) is 74.6 Å². The van der Waals surface area contributed by atoms with Crippen LogP contribution in [-0.2, 0) is 26.1 Å². The maximum atomic E-state index is 5.98. The van der Waals surface area contributed by atoms with Crippen LogP contribution in [-0.4, -0.2) is 28.7 Å². The molecule has 1 heterocycles. The van der Waals surface area contributed by atoms with Crippen molar-refractivity contribution in [3.63, 3.8) is 0 Å². The molecular weight excluding hydrogens is 386 g/mol. The van der Waals surface area contributed by atoms with Crippen LogP contribution in [0.15, 0.2) is 65.9 Å². The molecule has 6 nitrogen and oxygen atoms in total. The molecule has 164 valence electrons. The largest absolute Gasteiger partial charge is 0.491 e. The molecule has 0 aliphatic heterocycles.